The molecule has 1 aliphatic heterocycles. The van der Waals surface area contributed by atoms with Crippen LogP contribution in [0.1, 0.15) is 16.8 Å². The summed E-state index contributed by atoms with van der Waals surface area (Å²) in [5, 5.41) is 9.05. The average Bonchev–Trinajstić information content (AvgIpc) is 2.86. The molecule has 0 aliphatic carbocycles. The van der Waals surface area contributed by atoms with Crippen molar-refractivity contribution in [2.45, 2.75) is 6.42 Å². The SMILES string of the molecule is NNc1c(F)cccc1C(=O)N1CCC(CO)C1. The van der Waals surface area contributed by atoms with E-state index in [-0.39, 0.29) is 29.7 Å². The van der Waals surface area contributed by atoms with Crippen molar-refractivity contribution in [2.75, 3.05) is 25.1 Å². The van der Waals surface area contributed by atoms with Gasteiger partial charge in [0.15, 0.2) is 0 Å². The second-order valence-electron chi connectivity index (χ2n) is 4.40. The normalized spacial score (nSPS) is 19.1. The lowest BCUT2D eigenvalue weighted by atomic mass is 10.1. The molecule has 0 spiro atoms. The summed E-state index contributed by atoms with van der Waals surface area (Å²) < 4.78 is 13.5. The second-order valence-corrected chi connectivity index (χ2v) is 4.40. The van der Waals surface area contributed by atoms with Crippen molar-refractivity contribution in [2.24, 2.45) is 11.8 Å². The Bertz CT molecular complexity index is 453. The molecule has 1 heterocycles. The number of halogens is 1. The first-order valence-electron chi connectivity index (χ1n) is 5.82. The summed E-state index contributed by atoms with van der Waals surface area (Å²) in [6.45, 7) is 1.13. The summed E-state index contributed by atoms with van der Waals surface area (Å²) >= 11 is 0. The van der Waals surface area contributed by atoms with Crippen molar-refractivity contribution < 1.29 is 14.3 Å². The van der Waals surface area contributed by atoms with Gasteiger partial charge in [-0.15, -0.1) is 0 Å². The van der Waals surface area contributed by atoms with E-state index in [9.17, 15) is 9.18 Å². The fraction of sp³-hybridized carbons (Fsp3) is 0.417. The fourth-order valence-corrected chi connectivity index (χ4v) is 2.19. The van der Waals surface area contributed by atoms with Crippen molar-refractivity contribution in [1.29, 1.82) is 0 Å². The molecular formula is C12H16FN3O2. The molecule has 1 fully saturated rings. The molecule has 6 heteroatoms. The van der Waals surface area contributed by atoms with Crippen LogP contribution >= 0.6 is 0 Å². The number of aliphatic hydroxyl groups excluding tert-OH is 1. The molecular weight excluding hydrogens is 237 g/mol. The lowest BCUT2D eigenvalue weighted by Gasteiger charge is -2.18. The van der Waals surface area contributed by atoms with E-state index < -0.39 is 5.82 Å². The third-order valence-corrected chi connectivity index (χ3v) is 3.22. The van der Waals surface area contributed by atoms with Crippen molar-refractivity contribution in [1.82, 2.24) is 4.90 Å². The minimum Gasteiger partial charge on any atom is -0.396 e. The first-order chi connectivity index (χ1) is 8.67. The number of nitrogens with one attached hydrogen (secondary N) is 1. The predicted octanol–water partition coefficient (Wildman–Crippen LogP) is 0.566. The number of hydrogen-bond donors (Lipinski definition) is 3. The maximum absolute atomic E-state index is 13.5. The molecule has 18 heavy (non-hydrogen) atoms. The summed E-state index contributed by atoms with van der Waals surface area (Å²) in [5.41, 5.74) is 2.45. The summed E-state index contributed by atoms with van der Waals surface area (Å²) in [5.74, 6) is 4.53. The number of benzene rings is 1. The van der Waals surface area contributed by atoms with Crippen LogP contribution in [-0.2, 0) is 0 Å². The molecule has 0 bridgehead atoms. The minimum absolute atomic E-state index is 0.00921. The standard InChI is InChI=1S/C12H16FN3O2/c13-10-3-1-2-9(11(10)15-14)12(18)16-5-4-8(6-16)7-17/h1-3,8,15,17H,4-7,14H2. The number of para-hydroxylation sites is 1. The largest absolute Gasteiger partial charge is 0.396 e. The molecule has 1 aromatic rings. The molecule has 0 radical (unpaired) electrons. The topological polar surface area (TPSA) is 78.6 Å². The van der Waals surface area contributed by atoms with Crippen LogP contribution < -0.4 is 11.3 Å². The van der Waals surface area contributed by atoms with Gasteiger partial charge in [0, 0.05) is 25.6 Å². The predicted molar refractivity (Wildman–Crippen MR) is 65.3 cm³/mol. The third-order valence-electron chi connectivity index (χ3n) is 3.22. The lowest BCUT2D eigenvalue weighted by Crippen LogP contribution is -2.30. The number of carbonyl (C=O) groups excluding carboxylic acids is 1. The zero-order valence-electron chi connectivity index (χ0n) is 9.90. The van der Waals surface area contributed by atoms with E-state index >= 15 is 0 Å². The van der Waals surface area contributed by atoms with Crippen molar-refractivity contribution in [3.8, 4) is 0 Å². The second kappa shape index (κ2) is 5.32. The van der Waals surface area contributed by atoms with Gasteiger partial charge in [0.1, 0.15) is 5.82 Å². The molecule has 0 saturated carbocycles. The smallest absolute Gasteiger partial charge is 0.256 e. The highest BCUT2D eigenvalue weighted by Gasteiger charge is 2.28. The Hall–Kier alpha value is -1.66. The molecule has 1 aromatic carbocycles. The van der Waals surface area contributed by atoms with Crippen molar-refractivity contribution >= 4 is 11.6 Å². The molecule has 5 nitrogen and oxygen atoms in total. The van der Waals surface area contributed by atoms with Crippen LogP contribution in [0.15, 0.2) is 18.2 Å². The highest BCUT2D eigenvalue weighted by molar-refractivity contribution is 5.99. The van der Waals surface area contributed by atoms with Crippen LogP contribution in [0.3, 0.4) is 0 Å². The molecule has 1 atom stereocenters. The number of rotatable bonds is 3. The number of amides is 1. The maximum Gasteiger partial charge on any atom is 0.256 e. The van der Waals surface area contributed by atoms with E-state index in [4.69, 9.17) is 10.9 Å². The van der Waals surface area contributed by atoms with Gasteiger partial charge in [0.2, 0.25) is 0 Å². The molecule has 1 aliphatic rings. The lowest BCUT2D eigenvalue weighted by molar-refractivity contribution is 0.0782. The molecule has 98 valence electrons. The van der Waals surface area contributed by atoms with Crippen LogP contribution in [0.2, 0.25) is 0 Å². The zero-order chi connectivity index (χ0) is 13.1. The maximum atomic E-state index is 13.5. The van der Waals surface area contributed by atoms with Gasteiger partial charge in [-0.05, 0) is 18.6 Å². The minimum atomic E-state index is -0.554. The number of nitrogen functional groups attached to an aromatic ring is 1. The number of carbonyl (C=O) groups is 1. The monoisotopic (exact) mass is 253 g/mol. The van der Waals surface area contributed by atoms with E-state index in [2.05, 4.69) is 5.43 Å². The molecule has 1 amide bonds. The van der Waals surface area contributed by atoms with E-state index in [0.717, 1.165) is 6.42 Å². The molecule has 2 rings (SSSR count). The Labute approximate surface area is 104 Å². The summed E-state index contributed by atoms with van der Waals surface area (Å²) in [7, 11) is 0. The number of nitrogens with two attached hydrogens (primary N) is 1. The van der Waals surface area contributed by atoms with Gasteiger partial charge >= 0.3 is 0 Å². The average molecular weight is 253 g/mol. The van der Waals surface area contributed by atoms with E-state index in [1.54, 1.807) is 4.90 Å². The Kier molecular flexibility index (Phi) is 3.78. The van der Waals surface area contributed by atoms with E-state index in [0.29, 0.717) is 13.1 Å². The zero-order valence-corrected chi connectivity index (χ0v) is 9.90. The Balaban J connectivity index is 2.22. The Morgan fingerprint density at radius 2 is 2.39 bits per heavy atom. The summed E-state index contributed by atoms with van der Waals surface area (Å²) in [6.07, 6.45) is 0.767. The molecule has 0 aromatic heterocycles. The Morgan fingerprint density at radius 3 is 3.00 bits per heavy atom. The van der Waals surface area contributed by atoms with Crippen LogP contribution in [-0.4, -0.2) is 35.6 Å². The van der Waals surface area contributed by atoms with E-state index in [1.807, 2.05) is 0 Å². The van der Waals surface area contributed by atoms with Gasteiger partial charge < -0.3 is 15.4 Å². The van der Waals surface area contributed by atoms with Crippen LogP contribution in [0.4, 0.5) is 10.1 Å². The van der Waals surface area contributed by atoms with Crippen LogP contribution in [0, 0.1) is 11.7 Å². The summed E-state index contributed by atoms with van der Waals surface area (Å²) in [4.78, 5) is 13.8. The quantitative estimate of drug-likeness (QED) is 0.543. The Morgan fingerprint density at radius 1 is 1.61 bits per heavy atom. The van der Waals surface area contributed by atoms with Crippen molar-refractivity contribution in [3.05, 3.63) is 29.6 Å². The van der Waals surface area contributed by atoms with Gasteiger partial charge in [-0.3, -0.25) is 10.6 Å². The van der Waals surface area contributed by atoms with Gasteiger partial charge in [-0.2, -0.15) is 0 Å². The van der Waals surface area contributed by atoms with Gasteiger partial charge in [-0.25, -0.2) is 4.39 Å². The number of likely N-dealkylation sites (tertiary alicyclic amines) is 1. The third kappa shape index (κ3) is 2.30. The van der Waals surface area contributed by atoms with E-state index in [1.165, 1.54) is 18.2 Å². The fourth-order valence-electron chi connectivity index (χ4n) is 2.19. The summed E-state index contributed by atoms with van der Waals surface area (Å²) in [6, 6.07) is 4.25. The molecule has 1 unspecified atom stereocenters. The van der Waals surface area contributed by atoms with Gasteiger partial charge in [0.25, 0.3) is 5.91 Å². The first kappa shape index (κ1) is 12.8. The van der Waals surface area contributed by atoms with Crippen LogP contribution in [0.5, 0.6) is 0 Å². The molecule has 4 N–H and O–H groups in total. The van der Waals surface area contributed by atoms with Gasteiger partial charge in [0.05, 0.1) is 11.3 Å². The van der Waals surface area contributed by atoms with Gasteiger partial charge in [-0.1, -0.05) is 6.07 Å². The number of aliphatic hydroxyl groups is 1. The molecule has 1 saturated heterocycles. The van der Waals surface area contributed by atoms with Crippen LogP contribution in [0.25, 0.3) is 0 Å². The van der Waals surface area contributed by atoms with Crippen molar-refractivity contribution in [3.63, 3.8) is 0 Å². The number of nitrogens with zero attached hydrogens (tertiary/aromatic N) is 1. The number of hydrazine groups is 1. The number of hydrogen-bond acceptors (Lipinski definition) is 4. The highest BCUT2D eigenvalue weighted by atomic mass is 19.1. The first-order valence-corrected chi connectivity index (χ1v) is 5.82. The number of anilines is 1. The highest BCUT2D eigenvalue weighted by Crippen LogP contribution is 2.23.